The molecule has 3 nitrogen and oxygen atoms in total. The number of hydrogen-bond donors (Lipinski definition) is 1. The highest BCUT2D eigenvalue weighted by atomic mass is 35.5. The average Bonchev–Trinajstić information content (AvgIpc) is 2.29. The predicted octanol–water partition coefficient (Wildman–Crippen LogP) is 1.59. The van der Waals surface area contributed by atoms with E-state index in [0.717, 1.165) is 5.69 Å². The van der Waals surface area contributed by atoms with Gasteiger partial charge in [0, 0.05) is 19.3 Å². The van der Waals surface area contributed by atoms with Gasteiger partial charge in [-0.15, -0.1) is 11.6 Å². The van der Waals surface area contributed by atoms with Crippen LogP contribution in [0.3, 0.4) is 0 Å². The van der Waals surface area contributed by atoms with Crippen LogP contribution < -0.4 is 4.90 Å². The van der Waals surface area contributed by atoms with Crippen molar-refractivity contribution in [1.82, 2.24) is 0 Å². The first-order valence-electron chi connectivity index (χ1n) is 4.62. The largest absolute Gasteiger partial charge is 0.390 e. The van der Waals surface area contributed by atoms with Crippen LogP contribution in [0.1, 0.15) is 5.56 Å². The lowest BCUT2D eigenvalue weighted by Crippen LogP contribution is -2.29. The Kier molecular flexibility index (Phi) is 4.41. The summed E-state index contributed by atoms with van der Waals surface area (Å²) in [6.07, 6.45) is -0.535. The summed E-state index contributed by atoms with van der Waals surface area (Å²) in [6, 6.07) is 9.25. The Bertz CT molecular complexity index is 345. The van der Waals surface area contributed by atoms with Crippen LogP contribution in [0.2, 0.25) is 0 Å². The molecule has 1 atom stereocenters. The van der Waals surface area contributed by atoms with E-state index < -0.39 is 6.10 Å². The molecule has 0 aliphatic rings. The van der Waals surface area contributed by atoms with Crippen molar-refractivity contribution in [1.29, 1.82) is 5.26 Å². The summed E-state index contributed by atoms with van der Waals surface area (Å²) in [6.45, 7) is 0.482. The number of benzene rings is 1. The van der Waals surface area contributed by atoms with E-state index in [0.29, 0.717) is 12.1 Å². The van der Waals surface area contributed by atoms with Crippen molar-refractivity contribution in [2.45, 2.75) is 6.10 Å². The molecule has 0 saturated heterocycles. The summed E-state index contributed by atoms with van der Waals surface area (Å²) in [5.74, 6) is 0.223. The van der Waals surface area contributed by atoms with Crippen molar-refractivity contribution in [3.63, 3.8) is 0 Å². The zero-order valence-electron chi connectivity index (χ0n) is 8.52. The minimum absolute atomic E-state index is 0.223. The van der Waals surface area contributed by atoms with E-state index in [-0.39, 0.29) is 5.88 Å². The Balaban J connectivity index is 2.66. The first-order chi connectivity index (χ1) is 7.17. The molecule has 0 aromatic heterocycles. The minimum atomic E-state index is -0.535. The number of anilines is 1. The molecule has 4 heteroatoms. The smallest absolute Gasteiger partial charge is 0.0991 e. The third kappa shape index (κ3) is 3.43. The maximum Gasteiger partial charge on any atom is 0.0991 e. The van der Waals surface area contributed by atoms with Crippen LogP contribution in [0, 0.1) is 11.3 Å². The van der Waals surface area contributed by atoms with Crippen LogP contribution in [-0.4, -0.2) is 30.7 Å². The van der Waals surface area contributed by atoms with Gasteiger partial charge in [0.15, 0.2) is 0 Å². The van der Waals surface area contributed by atoms with Gasteiger partial charge in [-0.2, -0.15) is 5.26 Å². The lowest BCUT2D eigenvalue weighted by Gasteiger charge is -2.21. The number of likely N-dealkylation sites (N-methyl/N-ethyl adjacent to an activating group) is 1. The first-order valence-corrected chi connectivity index (χ1v) is 5.16. The van der Waals surface area contributed by atoms with Crippen molar-refractivity contribution < 1.29 is 5.11 Å². The number of hydrogen-bond acceptors (Lipinski definition) is 3. The number of aliphatic hydroxyl groups is 1. The molecule has 0 amide bonds. The monoisotopic (exact) mass is 224 g/mol. The van der Waals surface area contributed by atoms with Gasteiger partial charge in [-0.1, -0.05) is 0 Å². The van der Waals surface area contributed by atoms with Crippen LogP contribution in [0.4, 0.5) is 5.69 Å². The van der Waals surface area contributed by atoms with Gasteiger partial charge in [0.05, 0.1) is 23.6 Å². The highest BCUT2D eigenvalue weighted by Gasteiger charge is 2.07. The molecule has 80 valence electrons. The van der Waals surface area contributed by atoms with E-state index in [2.05, 4.69) is 6.07 Å². The molecule has 0 heterocycles. The van der Waals surface area contributed by atoms with Gasteiger partial charge in [-0.05, 0) is 24.3 Å². The molecule has 0 aliphatic carbocycles. The zero-order valence-corrected chi connectivity index (χ0v) is 9.28. The predicted molar refractivity (Wildman–Crippen MR) is 61.2 cm³/mol. The van der Waals surface area contributed by atoms with E-state index in [1.807, 2.05) is 24.1 Å². The summed E-state index contributed by atoms with van der Waals surface area (Å²) >= 11 is 5.51. The second-order valence-corrected chi connectivity index (χ2v) is 3.66. The fraction of sp³-hybridized carbons (Fsp3) is 0.364. The average molecular weight is 225 g/mol. The van der Waals surface area contributed by atoms with Gasteiger partial charge >= 0.3 is 0 Å². The molecule has 1 N–H and O–H groups in total. The van der Waals surface area contributed by atoms with E-state index in [1.54, 1.807) is 12.1 Å². The standard InChI is InChI=1S/C11H13ClN2O/c1-14(8-11(15)6-12)10-4-2-9(7-13)3-5-10/h2-5,11,15H,6,8H2,1H3. The Labute approximate surface area is 94.5 Å². The van der Waals surface area contributed by atoms with Crippen LogP contribution in [0.5, 0.6) is 0 Å². The molecular formula is C11H13ClN2O. The van der Waals surface area contributed by atoms with Crippen molar-refractivity contribution in [2.75, 3.05) is 24.4 Å². The zero-order chi connectivity index (χ0) is 11.3. The highest BCUT2D eigenvalue weighted by Crippen LogP contribution is 2.13. The highest BCUT2D eigenvalue weighted by molar-refractivity contribution is 6.18. The maximum atomic E-state index is 9.36. The Morgan fingerprint density at radius 1 is 1.47 bits per heavy atom. The fourth-order valence-corrected chi connectivity index (χ4v) is 1.36. The van der Waals surface area contributed by atoms with Crippen molar-refractivity contribution in [2.24, 2.45) is 0 Å². The third-order valence-corrected chi connectivity index (χ3v) is 2.46. The molecule has 0 bridgehead atoms. The van der Waals surface area contributed by atoms with Crippen LogP contribution in [-0.2, 0) is 0 Å². The number of alkyl halides is 1. The summed E-state index contributed by atoms with van der Waals surface area (Å²) in [5, 5.41) is 18.0. The number of halogens is 1. The molecular weight excluding hydrogens is 212 g/mol. The second-order valence-electron chi connectivity index (χ2n) is 3.35. The van der Waals surface area contributed by atoms with Crippen molar-refractivity contribution >= 4 is 17.3 Å². The molecule has 1 unspecified atom stereocenters. The first kappa shape index (κ1) is 11.8. The molecule has 0 fully saturated rings. The lowest BCUT2D eigenvalue weighted by atomic mass is 10.2. The molecule has 15 heavy (non-hydrogen) atoms. The Morgan fingerprint density at radius 2 is 2.07 bits per heavy atom. The van der Waals surface area contributed by atoms with Crippen LogP contribution >= 0.6 is 11.6 Å². The van der Waals surface area contributed by atoms with Crippen molar-refractivity contribution in [3.8, 4) is 6.07 Å². The minimum Gasteiger partial charge on any atom is -0.390 e. The molecule has 1 rings (SSSR count). The molecule has 1 aromatic carbocycles. The topological polar surface area (TPSA) is 47.3 Å². The number of nitrogens with zero attached hydrogens (tertiary/aromatic N) is 2. The number of aliphatic hydroxyl groups excluding tert-OH is 1. The summed E-state index contributed by atoms with van der Waals surface area (Å²) in [7, 11) is 1.87. The molecule has 0 radical (unpaired) electrons. The van der Waals surface area contributed by atoms with Gasteiger partial charge in [0.25, 0.3) is 0 Å². The SMILES string of the molecule is CN(CC(O)CCl)c1ccc(C#N)cc1. The molecule has 1 aromatic rings. The second kappa shape index (κ2) is 5.59. The van der Waals surface area contributed by atoms with Gasteiger partial charge in [0.1, 0.15) is 0 Å². The van der Waals surface area contributed by atoms with E-state index >= 15 is 0 Å². The lowest BCUT2D eigenvalue weighted by molar-refractivity contribution is 0.205. The van der Waals surface area contributed by atoms with Gasteiger partial charge < -0.3 is 10.0 Å². The van der Waals surface area contributed by atoms with Gasteiger partial charge in [0.2, 0.25) is 0 Å². The van der Waals surface area contributed by atoms with E-state index in [9.17, 15) is 5.11 Å². The third-order valence-electron chi connectivity index (χ3n) is 2.10. The fourth-order valence-electron chi connectivity index (χ4n) is 1.26. The molecule has 0 spiro atoms. The summed E-state index contributed by atoms with van der Waals surface area (Å²) in [4.78, 5) is 1.90. The number of rotatable bonds is 4. The maximum absolute atomic E-state index is 9.36. The van der Waals surface area contributed by atoms with Crippen LogP contribution in [0.15, 0.2) is 24.3 Å². The van der Waals surface area contributed by atoms with Crippen molar-refractivity contribution in [3.05, 3.63) is 29.8 Å². The van der Waals surface area contributed by atoms with E-state index in [4.69, 9.17) is 16.9 Å². The Morgan fingerprint density at radius 3 is 2.53 bits per heavy atom. The summed E-state index contributed by atoms with van der Waals surface area (Å²) in [5.41, 5.74) is 1.59. The van der Waals surface area contributed by atoms with Gasteiger partial charge in [-0.3, -0.25) is 0 Å². The number of nitriles is 1. The molecule has 0 saturated carbocycles. The normalized spacial score (nSPS) is 11.9. The van der Waals surface area contributed by atoms with E-state index in [1.165, 1.54) is 0 Å². The molecule has 0 aliphatic heterocycles. The van der Waals surface area contributed by atoms with Crippen LogP contribution in [0.25, 0.3) is 0 Å². The summed E-state index contributed by atoms with van der Waals surface area (Å²) < 4.78 is 0. The Hall–Kier alpha value is -1.24. The van der Waals surface area contributed by atoms with Gasteiger partial charge in [-0.25, -0.2) is 0 Å². The quantitative estimate of drug-likeness (QED) is 0.791.